The van der Waals surface area contributed by atoms with Crippen LogP contribution in [-0.2, 0) is 4.79 Å². The molecule has 0 radical (unpaired) electrons. The number of rotatable bonds is 3. The smallest absolute Gasteiger partial charge is 0.298 e. The van der Waals surface area contributed by atoms with Gasteiger partial charge in [-0.15, -0.1) is 0 Å². The van der Waals surface area contributed by atoms with Gasteiger partial charge in [0.25, 0.3) is 6.47 Å². The van der Waals surface area contributed by atoms with Crippen molar-refractivity contribution in [3.63, 3.8) is 0 Å². The zero-order chi connectivity index (χ0) is 8.10. The third kappa shape index (κ3) is 1.97. The lowest BCUT2D eigenvalue weighted by molar-refractivity contribution is -0.120. The summed E-state index contributed by atoms with van der Waals surface area (Å²) in [6, 6.07) is 6.76. The van der Waals surface area contributed by atoms with Crippen LogP contribution < -0.4 is 9.47 Å². The first kappa shape index (κ1) is 7.60. The molecule has 3 nitrogen and oxygen atoms in total. The molecule has 0 spiro atoms. The molecule has 3 heteroatoms. The maximum Gasteiger partial charge on any atom is 0.298 e. The zero-order valence-corrected chi connectivity index (χ0v) is 6.11. The van der Waals surface area contributed by atoms with Crippen LogP contribution in [0.5, 0.6) is 11.5 Å². The third-order valence-corrected chi connectivity index (χ3v) is 1.24. The fourth-order valence-electron chi connectivity index (χ4n) is 0.710. The average Bonchev–Trinajstić information content (AvgIpc) is 2.07. The number of carbonyl (C=O) groups excluding carboxylic acids is 1. The standard InChI is InChI=1S/C8H8O3/c1-10-7-2-4-8(5-3-7)11-6-9/h2-6H,1H3. The summed E-state index contributed by atoms with van der Waals surface area (Å²) in [5.74, 6) is 1.25. The Kier molecular flexibility index (Phi) is 2.49. The molecule has 0 saturated carbocycles. The van der Waals surface area contributed by atoms with Gasteiger partial charge in [0, 0.05) is 0 Å². The quantitative estimate of drug-likeness (QED) is 0.611. The van der Waals surface area contributed by atoms with Crippen LogP contribution in [0.1, 0.15) is 0 Å². The molecule has 0 bridgehead atoms. The van der Waals surface area contributed by atoms with Gasteiger partial charge in [-0.2, -0.15) is 0 Å². The van der Waals surface area contributed by atoms with E-state index < -0.39 is 0 Å². The zero-order valence-electron chi connectivity index (χ0n) is 6.11. The fraction of sp³-hybridized carbons (Fsp3) is 0.125. The summed E-state index contributed by atoms with van der Waals surface area (Å²) in [5, 5.41) is 0. The molecule has 0 aromatic heterocycles. The molecule has 1 aromatic rings. The Morgan fingerprint density at radius 1 is 1.18 bits per heavy atom. The van der Waals surface area contributed by atoms with Crippen molar-refractivity contribution in [3.8, 4) is 11.5 Å². The lowest BCUT2D eigenvalue weighted by Crippen LogP contribution is -1.88. The average molecular weight is 152 g/mol. The Labute approximate surface area is 64.5 Å². The topological polar surface area (TPSA) is 35.5 Å². The largest absolute Gasteiger partial charge is 0.497 e. The van der Waals surface area contributed by atoms with Gasteiger partial charge in [0.2, 0.25) is 0 Å². The molecule has 0 fully saturated rings. The Bertz CT molecular complexity index is 228. The van der Waals surface area contributed by atoms with E-state index >= 15 is 0 Å². The van der Waals surface area contributed by atoms with Gasteiger partial charge in [-0.05, 0) is 24.3 Å². The van der Waals surface area contributed by atoms with E-state index in [9.17, 15) is 4.79 Å². The third-order valence-electron chi connectivity index (χ3n) is 1.24. The van der Waals surface area contributed by atoms with Crippen molar-refractivity contribution in [1.82, 2.24) is 0 Å². The van der Waals surface area contributed by atoms with E-state index in [1.165, 1.54) is 0 Å². The van der Waals surface area contributed by atoms with Gasteiger partial charge < -0.3 is 9.47 Å². The highest BCUT2D eigenvalue weighted by atomic mass is 16.5. The maximum atomic E-state index is 9.88. The van der Waals surface area contributed by atoms with Crippen LogP contribution in [-0.4, -0.2) is 13.6 Å². The second kappa shape index (κ2) is 3.61. The first-order valence-electron chi connectivity index (χ1n) is 3.11. The molecule has 0 aliphatic carbocycles. The molecule has 0 heterocycles. The second-order valence-corrected chi connectivity index (χ2v) is 1.89. The normalized spacial score (nSPS) is 8.82. The van der Waals surface area contributed by atoms with Gasteiger partial charge in [0.05, 0.1) is 7.11 Å². The lowest BCUT2D eigenvalue weighted by atomic mass is 10.3. The van der Waals surface area contributed by atoms with Crippen LogP contribution in [0.15, 0.2) is 24.3 Å². The fourth-order valence-corrected chi connectivity index (χ4v) is 0.710. The first-order valence-corrected chi connectivity index (χ1v) is 3.11. The highest BCUT2D eigenvalue weighted by Gasteiger charge is 1.92. The molecule has 0 atom stereocenters. The summed E-state index contributed by atoms with van der Waals surface area (Å²) in [6.07, 6.45) is 0. The maximum absolute atomic E-state index is 9.88. The molecule has 0 unspecified atom stereocenters. The van der Waals surface area contributed by atoms with Crippen LogP contribution in [0.4, 0.5) is 0 Å². The summed E-state index contributed by atoms with van der Waals surface area (Å²) in [7, 11) is 1.58. The lowest BCUT2D eigenvalue weighted by Gasteiger charge is -1.99. The molecule has 1 rings (SSSR count). The van der Waals surface area contributed by atoms with Crippen LogP contribution in [0.25, 0.3) is 0 Å². The minimum atomic E-state index is 0.391. The first-order chi connectivity index (χ1) is 5.36. The van der Waals surface area contributed by atoms with E-state index in [0.29, 0.717) is 12.2 Å². The SMILES string of the molecule is COc1ccc(OC=O)cc1. The van der Waals surface area contributed by atoms with E-state index in [1.54, 1.807) is 31.4 Å². The molecule has 0 N–H and O–H groups in total. The number of hydrogen-bond acceptors (Lipinski definition) is 3. The van der Waals surface area contributed by atoms with E-state index in [-0.39, 0.29) is 0 Å². The molecule has 1 aromatic carbocycles. The Morgan fingerprint density at radius 2 is 1.73 bits per heavy atom. The van der Waals surface area contributed by atoms with Crippen molar-refractivity contribution in [1.29, 1.82) is 0 Å². The number of benzene rings is 1. The summed E-state index contributed by atoms with van der Waals surface area (Å²) in [6.45, 7) is 0.391. The van der Waals surface area contributed by atoms with Crippen molar-refractivity contribution >= 4 is 6.47 Å². The van der Waals surface area contributed by atoms with Crippen molar-refractivity contribution in [2.75, 3.05) is 7.11 Å². The molecule has 0 saturated heterocycles. The number of carbonyl (C=O) groups is 1. The van der Waals surface area contributed by atoms with Crippen LogP contribution in [0.2, 0.25) is 0 Å². The van der Waals surface area contributed by atoms with Gasteiger partial charge in [-0.1, -0.05) is 0 Å². The Hall–Kier alpha value is -1.51. The highest BCUT2D eigenvalue weighted by Crippen LogP contribution is 2.15. The predicted molar refractivity (Wildman–Crippen MR) is 39.7 cm³/mol. The van der Waals surface area contributed by atoms with Crippen LogP contribution in [0, 0.1) is 0 Å². The molecule has 11 heavy (non-hydrogen) atoms. The Balaban J connectivity index is 2.74. The molecular formula is C8H8O3. The van der Waals surface area contributed by atoms with Gasteiger partial charge >= 0.3 is 0 Å². The number of hydrogen-bond donors (Lipinski definition) is 0. The molecule has 0 aliphatic heterocycles. The minimum Gasteiger partial charge on any atom is -0.497 e. The molecule has 0 aliphatic rings. The van der Waals surface area contributed by atoms with Crippen molar-refractivity contribution < 1.29 is 14.3 Å². The van der Waals surface area contributed by atoms with Crippen molar-refractivity contribution in [2.45, 2.75) is 0 Å². The highest BCUT2D eigenvalue weighted by molar-refractivity contribution is 5.45. The van der Waals surface area contributed by atoms with Crippen molar-refractivity contribution in [3.05, 3.63) is 24.3 Å². The van der Waals surface area contributed by atoms with Gasteiger partial charge in [-0.25, -0.2) is 0 Å². The molecule has 0 amide bonds. The van der Waals surface area contributed by atoms with Gasteiger partial charge in [-0.3, -0.25) is 4.79 Å². The van der Waals surface area contributed by atoms with Gasteiger partial charge in [0.15, 0.2) is 0 Å². The van der Waals surface area contributed by atoms with E-state index in [0.717, 1.165) is 5.75 Å². The van der Waals surface area contributed by atoms with Crippen LogP contribution >= 0.6 is 0 Å². The molecule has 58 valence electrons. The van der Waals surface area contributed by atoms with E-state index in [2.05, 4.69) is 4.74 Å². The summed E-state index contributed by atoms with van der Waals surface area (Å²) in [5.41, 5.74) is 0. The summed E-state index contributed by atoms with van der Waals surface area (Å²) >= 11 is 0. The predicted octanol–water partition coefficient (Wildman–Crippen LogP) is 1.23. The summed E-state index contributed by atoms with van der Waals surface area (Å²) < 4.78 is 9.47. The monoisotopic (exact) mass is 152 g/mol. The Morgan fingerprint density at radius 3 is 2.18 bits per heavy atom. The molecular weight excluding hydrogens is 144 g/mol. The van der Waals surface area contributed by atoms with Gasteiger partial charge in [0.1, 0.15) is 11.5 Å². The van der Waals surface area contributed by atoms with E-state index in [1.807, 2.05) is 0 Å². The second-order valence-electron chi connectivity index (χ2n) is 1.89. The minimum absolute atomic E-state index is 0.391. The van der Waals surface area contributed by atoms with Crippen LogP contribution in [0.3, 0.4) is 0 Å². The summed E-state index contributed by atoms with van der Waals surface area (Å²) in [4.78, 5) is 9.88. The number of methoxy groups -OCH3 is 1. The van der Waals surface area contributed by atoms with Crippen molar-refractivity contribution in [2.24, 2.45) is 0 Å². The van der Waals surface area contributed by atoms with E-state index in [4.69, 9.17) is 4.74 Å². The number of ether oxygens (including phenoxy) is 2.